The van der Waals surface area contributed by atoms with Gasteiger partial charge in [0.15, 0.2) is 0 Å². The highest BCUT2D eigenvalue weighted by atomic mass is 16.5. The molecule has 0 bridgehead atoms. The number of carbonyl (C=O) groups excluding carboxylic acids is 2. The number of benzene rings is 1. The minimum atomic E-state index is -0.598. The summed E-state index contributed by atoms with van der Waals surface area (Å²) in [6.45, 7) is 4.13. The smallest absolute Gasteiger partial charge is 0.330 e. The van der Waals surface area contributed by atoms with Gasteiger partial charge in [-0.3, -0.25) is 19.1 Å². The molecule has 0 saturated heterocycles. The van der Waals surface area contributed by atoms with Crippen LogP contribution in [0.3, 0.4) is 0 Å². The number of aryl methyl sites for hydroxylation is 1. The monoisotopic (exact) mass is 408 g/mol. The summed E-state index contributed by atoms with van der Waals surface area (Å²) in [5, 5.41) is 2.88. The quantitative estimate of drug-likeness (QED) is 0.475. The van der Waals surface area contributed by atoms with E-state index in [4.69, 9.17) is 4.74 Å². The van der Waals surface area contributed by atoms with Gasteiger partial charge < -0.3 is 10.1 Å². The highest BCUT2D eigenvalue weighted by molar-refractivity contribution is 6.05. The Morgan fingerprint density at radius 1 is 1.20 bits per heavy atom. The lowest BCUT2D eigenvalue weighted by atomic mass is 10.1. The lowest BCUT2D eigenvalue weighted by Gasteiger charge is -2.08. The summed E-state index contributed by atoms with van der Waals surface area (Å²) >= 11 is 0. The summed E-state index contributed by atoms with van der Waals surface area (Å²) in [6.07, 6.45) is 4.25. The molecule has 2 heterocycles. The lowest BCUT2D eigenvalue weighted by Crippen LogP contribution is -2.30. The van der Waals surface area contributed by atoms with Crippen molar-refractivity contribution in [3.8, 4) is 0 Å². The van der Waals surface area contributed by atoms with Crippen LogP contribution in [-0.4, -0.2) is 33.0 Å². The van der Waals surface area contributed by atoms with Gasteiger partial charge in [0, 0.05) is 24.5 Å². The Balaban J connectivity index is 1.79. The molecule has 9 nitrogen and oxygen atoms in total. The third-order valence-electron chi connectivity index (χ3n) is 4.28. The average molecular weight is 408 g/mol. The van der Waals surface area contributed by atoms with Crippen molar-refractivity contribution < 1.29 is 14.3 Å². The maximum Gasteiger partial charge on any atom is 0.330 e. The van der Waals surface area contributed by atoms with E-state index in [1.165, 1.54) is 22.9 Å². The second kappa shape index (κ2) is 8.99. The van der Waals surface area contributed by atoms with Crippen LogP contribution >= 0.6 is 0 Å². The number of ether oxygens (including phenoxy) is 1. The highest BCUT2D eigenvalue weighted by Crippen LogP contribution is 2.14. The number of hydrogen-bond acceptors (Lipinski definition) is 6. The molecule has 2 aromatic heterocycles. The second-order valence-corrected chi connectivity index (χ2v) is 6.26. The van der Waals surface area contributed by atoms with E-state index in [2.05, 4.69) is 15.3 Å². The molecule has 1 amide bonds. The number of aromatic nitrogens is 3. The first kappa shape index (κ1) is 20.7. The number of H-pyrrole nitrogens is 1. The molecule has 0 spiro atoms. The van der Waals surface area contributed by atoms with Crippen LogP contribution in [0.4, 0.5) is 5.69 Å². The first-order valence-corrected chi connectivity index (χ1v) is 9.32. The minimum absolute atomic E-state index is 0.156. The number of nitrogens with one attached hydrogen (secondary N) is 2. The van der Waals surface area contributed by atoms with Crippen molar-refractivity contribution in [3.05, 3.63) is 74.6 Å². The molecule has 0 aliphatic heterocycles. The fourth-order valence-corrected chi connectivity index (χ4v) is 2.82. The van der Waals surface area contributed by atoms with E-state index >= 15 is 0 Å². The summed E-state index contributed by atoms with van der Waals surface area (Å²) < 4.78 is 6.14. The summed E-state index contributed by atoms with van der Waals surface area (Å²) in [5.74, 6) is -0.880. The zero-order chi connectivity index (χ0) is 21.7. The van der Waals surface area contributed by atoms with Crippen molar-refractivity contribution in [1.82, 2.24) is 14.5 Å². The molecule has 1 aromatic carbocycles. The SMILES string of the molecule is CCOC(=O)/C=C/c1ccc(NC(=O)c2cnc3c(c2)c(=O)[nH]c(=O)n3CC)cc1. The minimum Gasteiger partial charge on any atom is -0.463 e. The van der Waals surface area contributed by atoms with Gasteiger partial charge in [-0.25, -0.2) is 14.6 Å². The molecular formula is C21H20N4O5. The first-order chi connectivity index (χ1) is 14.4. The fraction of sp³-hybridized carbons (Fsp3) is 0.190. The highest BCUT2D eigenvalue weighted by Gasteiger charge is 2.12. The van der Waals surface area contributed by atoms with E-state index < -0.39 is 23.1 Å². The van der Waals surface area contributed by atoms with E-state index in [1.54, 1.807) is 44.2 Å². The number of anilines is 1. The molecular weight excluding hydrogens is 388 g/mol. The average Bonchev–Trinajstić information content (AvgIpc) is 2.73. The van der Waals surface area contributed by atoms with E-state index in [1.807, 2.05) is 0 Å². The van der Waals surface area contributed by atoms with Crippen molar-refractivity contribution in [2.45, 2.75) is 20.4 Å². The van der Waals surface area contributed by atoms with Crippen molar-refractivity contribution in [3.63, 3.8) is 0 Å². The molecule has 0 aliphatic rings. The topological polar surface area (TPSA) is 123 Å². The van der Waals surface area contributed by atoms with Crippen LogP contribution in [0.5, 0.6) is 0 Å². The van der Waals surface area contributed by atoms with Gasteiger partial charge >= 0.3 is 11.7 Å². The van der Waals surface area contributed by atoms with E-state index in [-0.39, 0.29) is 16.6 Å². The molecule has 0 aliphatic carbocycles. The summed E-state index contributed by atoms with van der Waals surface area (Å²) in [5.41, 5.74) is 0.552. The van der Waals surface area contributed by atoms with Crippen LogP contribution in [0.2, 0.25) is 0 Å². The number of rotatable bonds is 6. The van der Waals surface area contributed by atoms with Gasteiger partial charge in [0.05, 0.1) is 17.6 Å². The Labute approximate surface area is 171 Å². The van der Waals surface area contributed by atoms with Crippen LogP contribution in [0.15, 0.2) is 52.2 Å². The molecule has 3 aromatic rings. The number of pyridine rings is 1. The third-order valence-corrected chi connectivity index (χ3v) is 4.28. The number of nitrogens with zero attached hydrogens (tertiary/aromatic N) is 2. The number of aromatic amines is 1. The summed E-state index contributed by atoms with van der Waals surface area (Å²) in [7, 11) is 0. The Kier molecular flexibility index (Phi) is 6.21. The van der Waals surface area contributed by atoms with Gasteiger partial charge in [-0.15, -0.1) is 0 Å². The standard InChI is InChI=1S/C21H20N4O5/c1-3-25-18-16(20(28)24-21(25)29)11-14(12-22-18)19(27)23-15-8-5-13(6-9-15)7-10-17(26)30-4-2/h5-12H,3-4H2,1-2H3,(H,23,27)(H,24,28,29)/b10-7+. The van der Waals surface area contributed by atoms with Gasteiger partial charge in [-0.05, 0) is 43.7 Å². The Hall–Kier alpha value is -4.01. The molecule has 30 heavy (non-hydrogen) atoms. The lowest BCUT2D eigenvalue weighted by molar-refractivity contribution is -0.137. The zero-order valence-electron chi connectivity index (χ0n) is 16.5. The first-order valence-electron chi connectivity index (χ1n) is 9.32. The predicted molar refractivity (Wildman–Crippen MR) is 112 cm³/mol. The Bertz CT molecular complexity index is 1240. The second-order valence-electron chi connectivity index (χ2n) is 6.26. The van der Waals surface area contributed by atoms with Crippen LogP contribution < -0.4 is 16.6 Å². The largest absolute Gasteiger partial charge is 0.463 e. The molecule has 0 unspecified atom stereocenters. The van der Waals surface area contributed by atoms with Crippen molar-refractivity contribution in [2.75, 3.05) is 11.9 Å². The molecule has 0 radical (unpaired) electrons. The number of amides is 1. The van der Waals surface area contributed by atoms with Crippen LogP contribution in [0, 0.1) is 0 Å². The van der Waals surface area contributed by atoms with E-state index in [9.17, 15) is 19.2 Å². The van der Waals surface area contributed by atoms with Gasteiger partial charge in [-0.2, -0.15) is 0 Å². The van der Waals surface area contributed by atoms with Crippen molar-refractivity contribution >= 4 is 34.7 Å². The maximum absolute atomic E-state index is 12.6. The molecule has 9 heteroatoms. The van der Waals surface area contributed by atoms with Crippen LogP contribution in [-0.2, 0) is 16.1 Å². The molecule has 3 rings (SSSR count). The van der Waals surface area contributed by atoms with Gasteiger partial charge in [-0.1, -0.05) is 12.1 Å². The van der Waals surface area contributed by atoms with Crippen molar-refractivity contribution in [1.29, 1.82) is 0 Å². The van der Waals surface area contributed by atoms with Crippen LogP contribution in [0.25, 0.3) is 17.1 Å². The van der Waals surface area contributed by atoms with Crippen molar-refractivity contribution in [2.24, 2.45) is 0 Å². The number of fused-ring (bicyclic) bond motifs is 1. The number of esters is 1. The summed E-state index contributed by atoms with van der Waals surface area (Å²) in [4.78, 5) is 54.2. The zero-order valence-corrected chi connectivity index (χ0v) is 16.5. The van der Waals surface area contributed by atoms with E-state index in [0.29, 0.717) is 18.8 Å². The van der Waals surface area contributed by atoms with Gasteiger partial charge in [0.1, 0.15) is 5.65 Å². The molecule has 154 valence electrons. The maximum atomic E-state index is 12.6. The normalized spacial score (nSPS) is 11.0. The van der Waals surface area contributed by atoms with Crippen LogP contribution in [0.1, 0.15) is 29.8 Å². The number of hydrogen-bond donors (Lipinski definition) is 2. The molecule has 0 fully saturated rings. The van der Waals surface area contributed by atoms with E-state index in [0.717, 1.165) is 5.56 Å². The molecule has 2 N–H and O–H groups in total. The molecule has 0 saturated carbocycles. The summed E-state index contributed by atoms with van der Waals surface area (Å²) in [6, 6.07) is 8.22. The third kappa shape index (κ3) is 4.52. The number of carbonyl (C=O) groups is 2. The fourth-order valence-electron chi connectivity index (χ4n) is 2.82. The Morgan fingerprint density at radius 3 is 2.60 bits per heavy atom. The predicted octanol–water partition coefficient (Wildman–Crippen LogP) is 1.93. The molecule has 0 atom stereocenters. The van der Waals surface area contributed by atoms with Gasteiger partial charge in [0.25, 0.3) is 11.5 Å². The Morgan fingerprint density at radius 2 is 1.93 bits per heavy atom. The van der Waals surface area contributed by atoms with Gasteiger partial charge in [0.2, 0.25) is 0 Å².